The van der Waals surface area contributed by atoms with Gasteiger partial charge < -0.3 is 62.2 Å². The molecule has 7 heterocycles. The Balaban J connectivity index is 0.000000196. The molecule has 0 unspecified atom stereocenters. The topological polar surface area (TPSA) is 293 Å². The molecular formula is C108H111BCl2F3N4NaO17S2. The second-order valence-electron chi connectivity index (χ2n) is 35.0. The van der Waals surface area contributed by atoms with Gasteiger partial charge in [0.1, 0.15) is 53.8 Å². The normalized spacial score (nSPS) is 12.9. The van der Waals surface area contributed by atoms with E-state index in [9.17, 15) is 27.2 Å². The molecule has 0 spiro atoms. The van der Waals surface area contributed by atoms with Gasteiger partial charge in [-0.15, -0.1) is 12.4 Å². The number of esters is 3. The number of pyridine rings is 3. The van der Waals surface area contributed by atoms with Crippen molar-refractivity contribution in [1.29, 1.82) is 0 Å². The van der Waals surface area contributed by atoms with Gasteiger partial charge in [0.05, 0.1) is 91.7 Å². The first-order chi connectivity index (χ1) is 64.7. The molecular weight excluding hydrogens is 1850 g/mol. The Labute approximate surface area is 840 Å². The Kier molecular flexibility index (Phi) is 38.8. The number of rotatable bonds is 30. The van der Waals surface area contributed by atoms with E-state index in [2.05, 4.69) is 15.0 Å². The Morgan fingerprint density at radius 1 is 0.442 bits per heavy atom. The van der Waals surface area contributed by atoms with E-state index in [0.717, 1.165) is 82.8 Å². The molecule has 3 N–H and O–H groups in total. The average Bonchev–Trinajstić information content (AvgIpc) is 1.59. The van der Waals surface area contributed by atoms with E-state index in [1.807, 2.05) is 269 Å². The Bertz CT molecular complexity index is 6720. The van der Waals surface area contributed by atoms with Crippen molar-refractivity contribution >= 4 is 109 Å². The first kappa shape index (κ1) is 108. The molecule has 0 radical (unpaired) electrons. The Hall–Kier alpha value is -11.6. The molecule has 0 saturated carbocycles. The molecule has 0 amide bonds. The SMILES string of the molecule is CC(C)(C)[S@](=O)CCc1nccc(Cl)c1F.CCOC(=O)Cc1ccc(-c2ccccc2)cc1OCc1cc(-c2ccnc(CC[S@@](=O)C(C)(C)C)c2F)c2occc2c1.CCOC(=O)Cc1ccc(-c2ccccc2)cc1OCc1cc(B2OC(C)(C)C(C)(C)O2)c2occc2c1.COC(=O)Cc1ccc(-c2ccccc2)cc1OCc1cc(-c2ccnc(CN)c2F)c2occc2c1.Cl.[Na+].[OH-]. The van der Waals surface area contributed by atoms with Gasteiger partial charge in [0, 0.05) is 141 Å². The number of benzene rings is 9. The molecule has 1 saturated heterocycles. The van der Waals surface area contributed by atoms with E-state index in [0.29, 0.717) is 99.5 Å². The van der Waals surface area contributed by atoms with Crippen LogP contribution in [0.25, 0.3) is 88.5 Å². The minimum atomic E-state index is -1.13. The Morgan fingerprint density at radius 2 is 0.790 bits per heavy atom. The molecule has 0 aliphatic carbocycles. The number of carbonyl (C=O) groups excluding carboxylic acids is 3. The second-order valence-corrected chi connectivity index (χ2v) is 40.1. The van der Waals surface area contributed by atoms with E-state index >= 15 is 8.78 Å². The smallest absolute Gasteiger partial charge is 0.870 e. The van der Waals surface area contributed by atoms with Gasteiger partial charge in [-0.2, -0.15) is 0 Å². The number of ether oxygens (including phenoxy) is 6. The predicted molar refractivity (Wildman–Crippen MR) is 535 cm³/mol. The monoisotopic (exact) mass is 1960 g/mol. The maximum absolute atomic E-state index is 15.9. The zero-order valence-electron chi connectivity index (χ0n) is 79.7. The van der Waals surface area contributed by atoms with E-state index < -0.39 is 57.4 Å². The summed E-state index contributed by atoms with van der Waals surface area (Å²) in [5.74, 6) is 0.0825. The van der Waals surface area contributed by atoms with Crippen LogP contribution in [0.15, 0.2) is 269 Å². The number of halogens is 5. The largest absolute Gasteiger partial charge is 1.00 e. The van der Waals surface area contributed by atoms with Gasteiger partial charge >= 0.3 is 54.6 Å². The molecule has 16 rings (SSSR count). The first-order valence-corrected chi connectivity index (χ1v) is 47.4. The van der Waals surface area contributed by atoms with Crippen LogP contribution in [-0.4, -0.2) is 106 Å². The van der Waals surface area contributed by atoms with Gasteiger partial charge in [-0.3, -0.25) is 37.8 Å². The summed E-state index contributed by atoms with van der Waals surface area (Å²) in [6, 6.07) is 69.2. The molecule has 138 heavy (non-hydrogen) atoms. The van der Waals surface area contributed by atoms with Gasteiger partial charge in [0.25, 0.3) is 0 Å². The number of aromatic nitrogens is 3. The molecule has 0 bridgehead atoms. The number of aryl methyl sites for hydroxylation is 2. The zero-order chi connectivity index (χ0) is 96.3. The van der Waals surface area contributed by atoms with Crippen molar-refractivity contribution in [2.24, 2.45) is 5.73 Å². The van der Waals surface area contributed by atoms with Crippen molar-refractivity contribution in [3.8, 4) is 72.9 Å². The molecule has 6 aromatic heterocycles. The van der Waals surface area contributed by atoms with Crippen molar-refractivity contribution in [2.45, 2.75) is 162 Å². The fraction of sp³-hybridized carbons (Fsp3) is 0.278. The number of carbonyl (C=O) groups is 3. The van der Waals surface area contributed by atoms with Gasteiger partial charge in [0.2, 0.25) is 0 Å². The molecule has 716 valence electrons. The maximum Gasteiger partial charge on any atom is 1.00 e. The fourth-order valence-electron chi connectivity index (χ4n) is 15.0. The summed E-state index contributed by atoms with van der Waals surface area (Å²) in [7, 11) is -1.33. The van der Waals surface area contributed by atoms with E-state index in [-0.39, 0.29) is 142 Å². The van der Waals surface area contributed by atoms with Crippen LogP contribution in [0.3, 0.4) is 0 Å². The molecule has 9 aromatic carbocycles. The minimum absolute atomic E-state index is 0. The van der Waals surface area contributed by atoms with Crippen LogP contribution in [0, 0.1) is 17.5 Å². The van der Waals surface area contributed by atoms with Gasteiger partial charge in [-0.05, 0) is 218 Å². The summed E-state index contributed by atoms with van der Waals surface area (Å²) in [5.41, 5.74) is 20.8. The third-order valence-electron chi connectivity index (χ3n) is 22.9. The van der Waals surface area contributed by atoms with Crippen molar-refractivity contribution < 1.29 is 122 Å². The molecule has 1 fully saturated rings. The number of hydrogen-bond acceptors (Lipinski definition) is 21. The molecule has 1 aliphatic rings. The van der Waals surface area contributed by atoms with Crippen LogP contribution >= 0.6 is 24.0 Å². The standard InChI is InChI=1S/C36H36FNO5S.C31H33BO6.C30H25FN2O4.C11H15ClFNOS.ClH.Na.H2O/c1-5-41-33(39)22-27-12-11-26(25-9-7-6-8-10-25)21-32(27)43-23-24-19-28-14-17-42-35(28)30(20-24)29-13-16-38-31(34(29)37)15-18-44(40)36(2,3)4;1-6-34-28(33)19-24-13-12-23(22-10-8-7-9-11-22)18-27(24)36-20-21-16-25-14-15-35-29(25)26(17-21)32-37-30(2,3)31(4,5)38-32;1-35-28(34)16-22-8-7-21(20-5-3-2-4-6-20)15-27(22)37-18-19-13-23-10-12-36-30(23)25(14-19)24-9-11-33-26(17-32)29(24)31;1-11(2,3)16(15)7-5-9-10(13)8(12)4-6-14-9;;;/h6-14,16-17,19-21H,5,15,18,22-23H2,1-4H3;7-18H,6,19-20H2,1-5H3;2-15H,16-18,32H2,1H3;4,6H,5,7H2,1-3H3;1H;;1H2/q;;;;;+1;/p-1/t44-;;;16-;;;/m1..1.../s1. The predicted octanol–water partition coefficient (Wildman–Crippen LogP) is 20.4. The molecule has 1 aliphatic heterocycles. The van der Waals surface area contributed by atoms with Crippen LogP contribution in [-0.2, 0) is 118 Å². The molecule has 30 heteroatoms. The molecule has 15 aromatic rings. The summed E-state index contributed by atoms with van der Waals surface area (Å²) in [4.78, 5) is 48.9. The third kappa shape index (κ3) is 27.7. The fourth-order valence-corrected chi connectivity index (χ4v) is 17.1. The Morgan fingerprint density at radius 3 is 1.17 bits per heavy atom. The molecule has 2 atom stereocenters. The van der Waals surface area contributed by atoms with E-state index in [1.165, 1.54) is 25.6 Å². The average molecular weight is 1960 g/mol. The number of furan rings is 3. The third-order valence-corrected chi connectivity index (χ3v) is 27.1. The molecule has 21 nitrogen and oxygen atoms in total. The maximum atomic E-state index is 15.9. The van der Waals surface area contributed by atoms with Crippen molar-refractivity contribution in [2.75, 3.05) is 31.8 Å². The number of fused-ring (bicyclic) bond motifs is 3. The summed E-state index contributed by atoms with van der Waals surface area (Å²) >= 11 is 5.63. The van der Waals surface area contributed by atoms with Crippen molar-refractivity contribution in [3.63, 3.8) is 0 Å². The van der Waals surface area contributed by atoms with Gasteiger partial charge in [0.15, 0.2) is 17.5 Å². The summed E-state index contributed by atoms with van der Waals surface area (Å²) in [6.45, 7) is 24.4. The summed E-state index contributed by atoms with van der Waals surface area (Å²) in [6.07, 6.45) is 10.3. The van der Waals surface area contributed by atoms with Crippen LogP contribution < -0.4 is 55.0 Å². The van der Waals surface area contributed by atoms with Gasteiger partial charge in [-0.1, -0.05) is 145 Å². The van der Waals surface area contributed by atoms with Gasteiger partial charge in [-0.25, -0.2) is 13.2 Å². The summed E-state index contributed by atoms with van der Waals surface area (Å²) in [5, 5.41) is 2.62. The summed E-state index contributed by atoms with van der Waals surface area (Å²) < 4.78 is 132. The zero-order valence-corrected chi connectivity index (χ0v) is 84.9. The van der Waals surface area contributed by atoms with Crippen molar-refractivity contribution in [1.82, 2.24) is 15.0 Å². The van der Waals surface area contributed by atoms with Crippen LogP contribution in [0.1, 0.15) is 134 Å². The van der Waals surface area contributed by atoms with E-state index in [4.69, 9.17) is 68.3 Å². The van der Waals surface area contributed by atoms with Crippen LogP contribution in [0.2, 0.25) is 5.02 Å². The minimum Gasteiger partial charge on any atom is -0.870 e. The quantitative estimate of drug-likeness (QED) is 0.0248. The second kappa shape index (κ2) is 49.3. The number of nitrogens with zero attached hydrogens (tertiary/aromatic N) is 3. The number of methoxy groups -OCH3 is 1. The number of hydrogen-bond donors (Lipinski definition) is 1. The first-order valence-electron chi connectivity index (χ1n) is 44.4. The van der Waals surface area contributed by atoms with Crippen molar-refractivity contribution in [3.05, 3.63) is 329 Å². The van der Waals surface area contributed by atoms with Crippen LogP contribution in [0.5, 0.6) is 17.2 Å². The van der Waals surface area contributed by atoms with E-state index in [1.54, 1.807) is 51.0 Å². The number of nitrogens with two attached hydrogens (primary N) is 1. The van der Waals surface area contributed by atoms with Crippen LogP contribution in [0.4, 0.5) is 13.2 Å².